The summed E-state index contributed by atoms with van der Waals surface area (Å²) in [7, 11) is 0. The third-order valence-corrected chi connectivity index (χ3v) is 5.13. The van der Waals surface area contributed by atoms with Crippen molar-refractivity contribution >= 4 is 11.9 Å². The second-order valence-electron chi connectivity index (χ2n) is 7.18. The fourth-order valence-corrected chi connectivity index (χ4v) is 3.38. The van der Waals surface area contributed by atoms with E-state index in [0.717, 1.165) is 5.56 Å². The second-order valence-corrected chi connectivity index (χ2v) is 7.18. The summed E-state index contributed by atoms with van der Waals surface area (Å²) < 4.78 is 11.0. The Balaban J connectivity index is 1.47. The number of hydrogen-bond acceptors (Lipinski definition) is 5. The Labute approximate surface area is 164 Å². The number of oxazole rings is 1. The topological polar surface area (TPSA) is 102 Å². The lowest BCUT2D eigenvalue weighted by molar-refractivity contribution is -0.145. The van der Waals surface area contributed by atoms with Crippen LogP contribution >= 0.6 is 0 Å². The first-order valence-electron chi connectivity index (χ1n) is 9.62. The number of aliphatic carboxylic acids is 1. The standard InChI is InChI=1S/C21H26N2O5/c1-14-2-4-16(5-3-14)18-13-23-20(28-18)7-6-19(24)22-12-17(21(25)26)15-8-10-27-11-9-15/h2-5,13,15,17H,6-12H2,1H3,(H,22,24)(H,25,26). The van der Waals surface area contributed by atoms with Crippen LogP contribution in [0.1, 0.15) is 30.7 Å². The number of carbonyl (C=O) groups excluding carboxylic acids is 1. The fourth-order valence-electron chi connectivity index (χ4n) is 3.38. The summed E-state index contributed by atoms with van der Waals surface area (Å²) in [4.78, 5) is 27.9. The van der Waals surface area contributed by atoms with Gasteiger partial charge < -0.3 is 19.6 Å². The van der Waals surface area contributed by atoms with E-state index in [4.69, 9.17) is 9.15 Å². The number of aryl methyl sites for hydroxylation is 2. The number of nitrogens with one attached hydrogen (secondary N) is 1. The van der Waals surface area contributed by atoms with Gasteiger partial charge in [-0.15, -0.1) is 0 Å². The molecule has 1 saturated heterocycles. The summed E-state index contributed by atoms with van der Waals surface area (Å²) in [5.74, 6) is -0.458. The summed E-state index contributed by atoms with van der Waals surface area (Å²) >= 11 is 0. The molecule has 0 radical (unpaired) electrons. The summed E-state index contributed by atoms with van der Waals surface area (Å²) in [5.41, 5.74) is 2.11. The molecule has 3 rings (SSSR count). The Morgan fingerprint density at radius 3 is 2.64 bits per heavy atom. The molecule has 150 valence electrons. The Bertz CT molecular complexity index is 793. The van der Waals surface area contributed by atoms with E-state index < -0.39 is 11.9 Å². The van der Waals surface area contributed by atoms with E-state index in [1.54, 1.807) is 6.20 Å². The zero-order valence-corrected chi connectivity index (χ0v) is 16.0. The van der Waals surface area contributed by atoms with Gasteiger partial charge in [-0.3, -0.25) is 9.59 Å². The highest BCUT2D eigenvalue weighted by Gasteiger charge is 2.30. The van der Waals surface area contributed by atoms with E-state index >= 15 is 0 Å². The summed E-state index contributed by atoms with van der Waals surface area (Å²) in [5, 5.41) is 12.2. The number of nitrogens with zero attached hydrogens (tertiary/aromatic N) is 1. The highest BCUT2D eigenvalue weighted by molar-refractivity contribution is 5.77. The molecule has 28 heavy (non-hydrogen) atoms. The lowest BCUT2D eigenvalue weighted by atomic mass is 9.86. The van der Waals surface area contributed by atoms with Gasteiger partial charge in [0.05, 0.1) is 12.1 Å². The minimum atomic E-state index is -0.873. The molecular weight excluding hydrogens is 360 g/mol. The lowest BCUT2D eigenvalue weighted by Crippen LogP contribution is -2.39. The van der Waals surface area contributed by atoms with Gasteiger partial charge in [-0.2, -0.15) is 0 Å². The number of carboxylic acid groups (broad SMARTS) is 1. The van der Waals surface area contributed by atoms with Gasteiger partial charge in [0.2, 0.25) is 5.91 Å². The van der Waals surface area contributed by atoms with Crippen molar-refractivity contribution < 1.29 is 23.8 Å². The van der Waals surface area contributed by atoms with Crippen LogP contribution in [0.5, 0.6) is 0 Å². The van der Waals surface area contributed by atoms with Crippen LogP contribution in [0.3, 0.4) is 0 Å². The van der Waals surface area contributed by atoms with Crippen molar-refractivity contribution in [2.75, 3.05) is 19.8 Å². The molecule has 0 bridgehead atoms. The predicted molar refractivity (Wildman–Crippen MR) is 103 cm³/mol. The second kappa shape index (κ2) is 9.50. The normalized spacial score (nSPS) is 15.9. The van der Waals surface area contributed by atoms with Crippen LogP contribution < -0.4 is 5.32 Å². The van der Waals surface area contributed by atoms with E-state index in [-0.39, 0.29) is 24.8 Å². The molecule has 2 N–H and O–H groups in total. The fraction of sp³-hybridized carbons (Fsp3) is 0.476. The monoisotopic (exact) mass is 386 g/mol. The Morgan fingerprint density at radius 2 is 1.96 bits per heavy atom. The molecule has 1 aromatic carbocycles. The van der Waals surface area contributed by atoms with Gasteiger partial charge in [0.25, 0.3) is 0 Å². The third kappa shape index (κ3) is 5.42. The van der Waals surface area contributed by atoms with Gasteiger partial charge >= 0.3 is 5.97 Å². The minimum Gasteiger partial charge on any atom is -0.481 e. The number of hydrogen-bond donors (Lipinski definition) is 2. The van der Waals surface area contributed by atoms with E-state index in [0.29, 0.717) is 44.1 Å². The molecule has 1 atom stereocenters. The van der Waals surface area contributed by atoms with Crippen molar-refractivity contribution in [3.8, 4) is 11.3 Å². The molecule has 7 nitrogen and oxygen atoms in total. The van der Waals surface area contributed by atoms with Gasteiger partial charge in [-0.05, 0) is 25.7 Å². The maximum atomic E-state index is 12.1. The number of rotatable bonds is 8. The quantitative estimate of drug-likeness (QED) is 0.723. The molecule has 1 unspecified atom stereocenters. The van der Waals surface area contributed by atoms with E-state index in [1.165, 1.54) is 5.56 Å². The molecular formula is C21H26N2O5. The van der Waals surface area contributed by atoms with Crippen LogP contribution in [0, 0.1) is 18.8 Å². The molecule has 1 aromatic heterocycles. The van der Waals surface area contributed by atoms with E-state index in [9.17, 15) is 14.7 Å². The van der Waals surface area contributed by atoms with Crippen LogP contribution in [0.4, 0.5) is 0 Å². The Kier molecular flexibility index (Phi) is 6.81. The maximum absolute atomic E-state index is 12.1. The van der Waals surface area contributed by atoms with Crippen molar-refractivity contribution in [3.05, 3.63) is 41.9 Å². The summed E-state index contributed by atoms with van der Waals surface area (Å²) in [6, 6.07) is 7.94. The number of benzene rings is 1. The highest BCUT2D eigenvalue weighted by atomic mass is 16.5. The molecule has 1 amide bonds. The Morgan fingerprint density at radius 1 is 1.25 bits per heavy atom. The number of carboxylic acids is 1. The van der Waals surface area contributed by atoms with E-state index in [2.05, 4.69) is 10.3 Å². The Hall–Kier alpha value is -2.67. The van der Waals surface area contributed by atoms with Crippen molar-refractivity contribution in [2.24, 2.45) is 11.8 Å². The first-order valence-corrected chi connectivity index (χ1v) is 9.62. The average molecular weight is 386 g/mol. The van der Waals surface area contributed by atoms with Crippen molar-refractivity contribution in [1.82, 2.24) is 10.3 Å². The molecule has 0 saturated carbocycles. The highest BCUT2D eigenvalue weighted by Crippen LogP contribution is 2.24. The zero-order valence-electron chi connectivity index (χ0n) is 16.0. The van der Waals surface area contributed by atoms with Crippen molar-refractivity contribution in [2.45, 2.75) is 32.6 Å². The average Bonchev–Trinajstić information content (AvgIpc) is 3.17. The van der Waals surface area contributed by atoms with Gasteiger partial charge in [-0.1, -0.05) is 29.8 Å². The van der Waals surface area contributed by atoms with Crippen LogP contribution in [-0.2, 0) is 20.7 Å². The molecule has 2 heterocycles. The molecule has 1 fully saturated rings. The zero-order chi connectivity index (χ0) is 19.9. The predicted octanol–water partition coefficient (Wildman–Crippen LogP) is 2.83. The molecule has 1 aliphatic rings. The smallest absolute Gasteiger partial charge is 0.308 e. The van der Waals surface area contributed by atoms with Gasteiger partial charge in [0, 0.05) is 38.2 Å². The van der Waals surface area contributed by atoms with Crippen molar-refractivity contribution in [1.29, 1.82) is 0 Å². The van der Waals surface area contributed by atoms with Gasteiger partial charge in [0.1, 0.15) is 0 Å². The van der Waals surface area contributed by atoms with Gasteiger partial charge in [0.15, 0.2) is 11.7 Å². The van der Waals surface area contributed by atoms with Gasteiger partial charge in [-0.25, -0.2) is 4.98 Å². The van der Waals surface area contributed by atoms with Crippen LogP contribution in [0.25, 0.3) is 11.3 Å². The number of ether oxygens (including phenoxy) is 1. The molecule has 7 heteroatoms. The summed E-state index contributed by atoms with van der Waals surface area (Å²) in [6.07, 6.45) is 3.65. The largest absolute Gasteiger partial charge is 0.481 e. The maximum Gasteiger partial charge on any atom is 0.308 e. The summed E-state index contributed by atoms with van der Waals surface area (Å²) in [6.45, 7) is 3.32. The number of carbonyl (C=O) groups is 2. The molecule has 0 aliphatic carbocycles. The first kappa shape index (κ1) is 20.1. The minimum absolute atomic E-state index is 0.0374. The molecule has 1 aliphatic heterocycles. The third-order valence-electron chi connectivity index (χ3n) is 5.13. The van der Waals surface area contributed by atoms with E-state index in [1.807, 2.05) is 31.2 Å². The number of aromatic nitrogens is 1. The van der Waals surface area contributed by atoms with Crippen LogP contribution in [0.15, 0.2) is 34.9 Å². The number of amides is 1. The lowest BCUT2D eigenvalue weighted by Gasteiger charge is -2.27. The first-order chi connectivity index (χ1) is 13.5. The molecule has 0 spiro atoms. The molecule has 2 aromatic rings. The SMILES string of the molecule is Cc1ccc(-c2cnc(CCC(=O)NCC(C(=O)O)C3CCOCC3)o2)cc1. The van der Waals surface area contributed by atoms with Crippen molar-refractivity contribution in [3.63, 3.8) is 0 Å². The van der Waals surface area contributed by atoms with Crippen LogP contribution in [-0.4, -0.2) is 41.7 Å². The van der Waals surface area contributed by atoms with Crippen LogP contribution in [0.2, 0.25) is 0 Å².